The highest BCUT2D eigenvalue weighted by atomic mass is 32.2. The van der Waals surface area contributed by atoms with Gasteiger partial charge in [0.1, 0.15) is 22.9 Å². The van der Waals surface area contributed by atoms with E-state index in [0.29, 0.717) is 12.2 Å². The first kappa shape index (κ1) is 24.4. The largest absolute Gasteiger partial charge is 0.481 e. The number of esters is 1. The molecule has 0 aromatic heterocycles. The number of ether oxygens (including phenoxy) is 3. The maximum absolute atomic E-state index is 13.2. The Labute approximate surface area is 186 Å². The van der Waals surface area contributed by atoms with Crippen molar-refractivity contribution in [1.82, 2.24) is 4.31 Å². The molecule has 166 valence electrons. The van der Waals surface area contributed by atoms with Crippen molar-refractivity contribution in [3.63, 3.8) is 0 Å². The predicted molar refractivity (Wildman–Crippen MR) is 116 cm³/mol. The molecule has 31 heavy (non-hydrogen) atoms. The molecule has 1 fully saturated rings. The van der Waals surface area contributed by atoms with E-state index in [1.54, 1.807) is 13.8 Å². The first-order valence-electron chi connectivity index (χ1n) is 9.15. The van der Waals surface area contributed by atoms with E-state index in [4.69, 9.17) is 32.0 Å². The van der Waals surface area contributed by atoms with Crippen LogP contribution >= 0.6 is 12.2 Å². The lowest BCUT2D eigenvalue weighted by Crippen LogP contribution is -2.59. The highest BCUT2D eigenvalue weighted by Crippen LogP contribution is 2.30. The molecule has 0 aliphatic carbocycles. The molecule has 0 saturated carbocycles. The molecule has 12 heteroatoms. The van der Waals surface area contributed by atoms with Crippen molar-refractivity contribution in [2.75, 3.05) is 26.8 Å². The lowest BCUT2D eigenvalue weighted by atomic mass is 10.1. The topological polar surface area (TPSA) is 131 Å². The summed E-state index contributed by atoms with van der Waals surface area (Å²) in [6.07, 6.45) is -0.672. The summed E-state index contributed by atoms with van der Waals surface area (Å²) in [6.45, 7) is 3.30. The van der Waals surface area contributed by atoms with E-state index < -0.39 is 27.7 Å². The number of carbonyl (C=O) groups excluding carboxylic acids is 1. The highest BCUT2D eigenvalue weighted by molar-refractivity contribution is 7.91. The van der Waals surface area contributed by atoms with Gasteiger partial charge in [-0.05, 0) is 43.6 Å². The Kier molecular flexibility index (Phi) is 8.24. The number of nitrogens with zero attached hydrogens (tertiary/aromatic N) is 4. The quantitative estimate of drug-likeness (QED) is 0.115. The van der Waals surface area contributed by atoms with Gasteiger partial charge in [-0.25, -0.2) is 13.2 Å². The number of morpholine rings is 1. The number of rotatable bonds is 7. The van der Waals surface area contributed by atoms with Crippen LogP contribution in [0.4, 0.5) is 0 Å². The summed E-state index contributed by atoms with van der Waals surface area (Å²) in [4.78, 5) is 14.6. The van der Waals surface area contributed by atoms with Gasteiger partial charge in [0.25, 0.3) is 10.0 Å². The molecule has 1 unspecified atom stereocenters. The van der Waals surface area contributed by atoms with Gasteiger partial charge in [-0.1, -0.05) is 29.2 Å². The van der Waals surface area contributed by atoms with Gasteiger partial charge < -0.3 is 14.2 Å². The second kappa shape index (κ2) is 10.5. The Hall–Kier alpha value is -2.84. The maximum Gasteiger partial charge on any atom is 0.336 e. The Balaban J connectivity index is 2.12. The number of methoxy groups -OCH3 is 1. The van der Waals surface area contributed by atoms with E-state index >= 15 is 0 Å². The van der Waals surface area contributed by atoms with Crippen molar-refractivity contribution in [3.8, 4) is 17.6 Å². The van der Waals surface area contributed by atoms with Gasteiger partial charge in [0.15, 0.2) is 6.10 Å². The minimum atomic E-state index is -4.03. The van der Waals surface area contributed by atoms with E-state index in [-0.39, 0.29) is 29.6 Å². The third kappa shape index (κ3) is 6.08. The number of hydrogen-bond donors (Lipinski definition) is 0. The molecule has 2 rings (SSSR count). The van der Waals surface area contributed by atoms with E-state index in [0.717, 1.165) is 4.31 Å². The van der Waals surface area contributed by atoms with Gasteiger partial charge in [0.2, 0.25) is 0 Å². The summed E-state index contributed by atoms with van der Waals surface area (Å²) < 4.78 is 43.1. The molecular formula is C19H22N4O6S2. The average molecular weight is 467 g/mol. The van der Waals surface area contributed by atoms with Crippen LogP contribution in [-0.2, 0) is 24.3 Å². The summed E-state index contributed by atoms with van der Waals surface area (Å²) in [5.41, 5.74) is 7.02. The minimum absolute atomic E-state index is 0.0102. The Bertz CT molecular complexity index is 1040. The van der Waals surface area contributed by atoms with E-state index in [2.05, 4.69) is 21.9 Å². The molecule has 0 N–H and O–H groups in total. The Morgan fingerprint density at radius 1 is 1.39 bits per heavy atom. The van der Waals surface area contributed by atoms with Gasteiger partial charge >= 0.3 is 5.97 Å². The van der Waals surface area contributed by atoms with Gasteiger partial charge in [0.05, 0.1) is 18.6 Å². The number of carbonyl (C=O) groups is 1. The molecule has 0 bridgehead atoms. The maximum atomic E-state index is 13.2. The number of hydrogen-bond acceptors (Lipinski definition) is 8. The minimum Gasteiger partial charge on any atom is -0.481 e. The number of thiocarbonyl (C=S) groups is 1. The molecule has 0 spiro atoms. The van der Waals surface area contributed by atoms with Gasteiger partial charge in [0, 0.05) is 17.9 Å². The van der Waals surface area contributed by atoms with Gasteiger partial charge in [-0.15, -0.1) is 0 Å². The van der Waals surface area contributed by atoms with Crippen LogP contribution in [0.5, 0.6) is 5.75 Å². The summed E-state index contributed by atoms with van der Waals surface area (Å²) >= 11 is 5.32. The SMILES string of the molecule is COC(=O)C1CN(S(=O)(=O)c2ccc(OCC#CCCN=[N+]=[N-])cc2)C(=S)C(C)(C)O1. The van der Waals surface area contributed by atoms with Crippen LogP contribution < -0.4 is 4.74 Å². The molecule has 1 saturated heterocycles. The van der Waals surface area contributed by atoms with Crippen LogP contribution in [0.15, 0.2) is 34.3 Å². The van der Waals surface area contributed by atoms with E-state index in [1.165, 1.54) is 31.4 Å². The summed E-state index contributed by atoms with van der Waals surface area (Å²) in [7, 11) is -2.83. The fourth-order valence-electron chi connectivity index (χ4n) is 2.68. The average Bonchev–Trinajstić information content (AvgIpc) is 2.74. The van der Waals surface area contributed by atoms with Crippen molar-refractivity contribution in [3.05, 3.63) is 34.7 Å². The van der Waals surface area contributed by atoms with Crippen LogP contribution in [-0.4, -0.2) is 62.2 Å². The molecule has 10 nitrogen and oxygen atoms in total. The molecule has 1 aliphatic rings. The smallest absolute Gasteiger partial charge is 0.336 e. The number of azide groups is 1. The molecular weight excluding hydrogens is 444 g/mol. The fraction of sp³-hybridized carbons (Fsp3) is 0.474. The van der Waals surface area contributed by atoms with Crippen molar-refractivity contribution >= 4 is 33.2 Å². The predicted octanol–water partition coefficient (Wildman–Crippen LogP) is 2.44. The normalized spacial score (nSPS) is 17.7. The van der Waals surface area contributed by atoms with Crippen LogP contribution in [0.3, 0.4) is 0 Å². The fourth-order valence-corrected chi connectivity index (χ4v) is 4.60. The van der Waals surface area contributed by atoms with E-state index in [9.17, 15) is 13.2 Å². The first-order chi connectivity index (χ1) is 14.6. The first-order valence-corrected chi connectivity index (χ1v) is 11.0. The van der Waals surface area contributed by atoms with Crippen LogP contribution in [0.1, 0.15) is 20.3 Å². The second-order valence-corrected chi connectivity index (χ2v) is 9.05. The molecule has 1 aliphatic heterocycles. The lowest BCUT2D eigenvalue weighted by molar-refractivity contribution is -0.162. The Morgan fingerprint density at radius 2 is 2.06 bits per heavy atom. The standard InChI is InChI=1S/C19H22N4O6S2/c1-19(2)18(30)23(13-16(29-19)17(24)27-3)31(25,26)15-9-7-14(8-10-15)28-12-6-4-5-11-21-22-20/h7-10,16H,5,11-13H2,1-3H3. The van der Waals surface area contributed by atoms with Crippen LogP contribution in [0.25, 0.3) is 10.4 Å². The Morgan fingerprint density at radius 3 is 2.68 bits per heavy atom. The zero-order chi connectivity index (χ0) is 23.1. The molecule has 1 heterocycles. The molecule has 1 atom stereocenters. The summed E-state index contributed by atoms with van der Waals surface area (Å²) in [5.74, 6) is 5.31. The molecule has 1 aromatic carbocycles. The molecule has 1 aromatic rings. The lowest BCUT2D eigenvalue weighted by Gasteiger charge is -2.42. The zero-order valence-electron chi connectivity index (χ0n) is 17.3. The van der Waals surface area contributed by atoms with Crippen LogP contribution in [0.2, 0.25) is 0 Å². The third-order valence-electron chi connectivity index (χ3n) is 4.22. The van der Waals surface area contributed by atoms with Crippen LogP contribution in [0, 0.1) is 11.8 Å². The summed E-state index contributed by atoms with van der Waals surface area (Å²) in [6, 6.07) is 5.78. The molecule has 0 amide bonds. The number of sulfonamides is 1. The van der Waals surface area contributed by atoms with Crippen molar-refractivity contribution in [1.29, 1.82) is 0 Å². The number of benzene rings is 1. The summed E-state index contributed by atoms with van der Waals surface area (Å²) in [5, 5.41) is 3.37. The molecule has 0 radical (unpaired) electrons. The van der Waals surface area contributed by atoms with Crippen molar-refractivity contribution in [2.24, 2.45) is 5.11 Å². The monoisotopic (exact) mass is 466 g/mol. The van der Waals surface area contributed by atoms with Gasteiger partial charge in [-0.3, -0.25) is 4.31 Å². The highest BCUT2D eigenvalue weighted by Gasteiger charge is 2.46. The van der Waals surface area contributed by atoms with E-state index in [1.807, 2.05) is 0 Å². The third-order valence-corrected chi connectivity index (χ3v) is 6.83. The van der Waals surface area contributed by atoms with Gasteiger partial charge in [-0.2, -0.15) is 0 Å². The second-order valence-electron chi connectivity index (χ2n) is 6.80. The zero-order valence-corrected chi connectivity index (χ0v) is 18.9. The van der Waals surface area contributed by atoms with Crippen molar-refractivity contribution < 1.29 is 27.4 Å². The van der Waals surface area contributed by atoms with Crippen molar-refractivity contribution in [2.45, 2.75) is 36.9 Å².